The van der Waals surface area contributed by atoms with E-state index < -0.39 is 35.3 Å². The third kappa shape index (κ3) is 2.15. The highest BCUT2D eigenvalue weighted by molar-refractivity contribution is 7.80. The van der Waals surface area contributed by atoms with Crippen molar-refractivity contribution in [1.29, 1.82) is 0 Å². The van der Waals surface area contributed by atoms with E-state index in [0.29, 0.717) is 12.0 Å². The minimum atomic E-state index is -1.19. The fourth-order valence-corrected chi connectivity index (χ4v) is 4.56. The number of carboxylic acids is 1. The minimum absolute atomic E-state index is 0.0634. The smallest absolute Gasteiger partial charge is 0.408 e. The van der Waals surface area contributed by atoms with Gasteiger partial charge in [-0.3, -0.25) is 19.6 Å². The van der Waals surface area contributed by atoms with Crippen molar-refractivity contribution in [3.8, 4) is 0 Å². The first kappa shape index (κ1) is 15.9. The lowest BCUT2D eigenvalue weighted by Gasteiger charge is -2.50. The Morgan fingerprint density at radius 2 is 1.96 bits per heavy atom. The molecule has 0 saturated carbocycles. The van der Waals surface area contributed by atoms with Gasteiger partial charge in [-0.05, 0) is 29.7 Å². The average molecular weight is 361 g/mol. The van der Waals surface area contributed by atoms with Crippen LogP contribution in [0, 0.1) is 5.92 Å². The fourth-order valence-electron chi connectivity index (χ4n) is 4.16. The molecule has 9 heteroatoms. The summed E-state index contributed by atoms with van der Waals surface area (Å²) < 4.78 is 0. The monoisotopic (exact) mass is 361 g/mol. The molecule has 25 heavy (non-hydrogen) atoms. The summed E-state index contributed by atoms with van der Waals surface area (Å²) in [7, 11) is 0. The number of carboxylic acid groups (broad SMARTS) is 2. The third-order valence-corrected chi connectivity index (χ3v) is 5.80. The van der Waals surface area contributed by atoms with Gasteiger partial charge in [-0.1, -0.05) is 0 Å². The SMILES string of the molecule is O=C(O)C1=C(C(S)c2ccncc2)C[C@@H]2CN(C(=O)O)[C@@H]3C(=O)N1[C@H]23. The van der Waals surface area contributed by atoms with Gasteiger partial charge in [0.25, 0.3) is 5.91 Å². The number of likely N-dealkylation sites (tertiary alicyclic amines) is 1. The van der Waals surface area contributed by atoms with Gasteiger partial charge in [0.1, 0.15) is 11.7 Å². The molecule has 0 radical (unpaired) electrons. The zero-order valence-corrected chi connectivity index (χ0v) is 13.8. The zero-order chi connectivity index (χ0) is 17.9. The van der Waals surface area contributed by atoms with Gasteiger partial charge in [0.05, 0.1) is 11.3 Å². The van der Waals surface area contributed by atoms with Crippen molar-refractivity contribution in [1.82, 2.24) is 14.8 Å². The van der Waals surface area contributed by atoms with Gasteiger partial charge in [0, 0.05) is 24.9 Å². The van der Waals surface area contributed by atoms with E-state index in [1.54, 1.807) is 24.5 Å². The highest BCUT2D eigenvalue weighted by Crippen LogP contribution is 2.50. The van der Waals surface area contributed by atoms with Crippen LogP contribution in [0.1, 0.15) is 17.2 Å². The predicted octanol–water partition coefficient (Wildman–Crippen LogP) is 0.984. The molecule has 130 valence electrons. The van der Waals surface area contributed by atoms with Crippen LogP contribution in [0.15, 0.2) is 35.8 Å². The van der Waals surface area contributed by atoms with Crippen LogP contribution in [0.3, 0.4) is 0 Å². The van der Waals surface area contributed by atoms with E-state index in [4.69, 9.17) is 0 Å². The molecule has 2 saturated heterocycles. The van der Waals surface area contributed by atoms with E-state index in [1.807, 2.05) is 0 Å². The Kier molecular flexibility index (Phi) is 3.50. The third-order valence-electron chi connectivity index (χ3n) is 5.19. The second-order valence-electron chi connectivity index (χ2n) is 6.40. The molecule has 3 aliphatic heterocycles. The predicted molar refractivity (Wildman–Crippen MR) is 87.9 cm³/mol. The van der Waals surface area contributed by atoms with Gasteiger partial charge in [-0.15, -0.1) is 0 Å². The zero-order valence-electron chi connectivity index (χ0n) is 12.9. The van der Waals surface area contributed by atoms with Crippen molar-refractivity contribution in [3.63, 3.8) is 0 Å². The lowest BCUT2D eigenvalue weighted by molar-refractivity contribution is -0.156. The van der Waals surface area contributed by atoms with E-state index in [2.05, 4.69) is 17.6 Å². The molecule has 2 fully saturated rings. The Morgan fingerprint density at radius 1 is 1.28 bits per heavy atom. The summed E-state index contributed by atoms with van der Waals surface area (Å²) in [6.07, 6.45) is 2.44. The normalized spacial score (nSPS) is 28.5. The number of carbonyl (C=O) groups excluding carboxylic acids is 1. The molecule has 2 amide bonds. The maximum atomic E-state index is 12.5. The summed E-state index contributed by atoms with van der Waals surface area (Å²) in [5.41, 5.74) is 1.25. The lowest BCUT2D eigenvalue weighted by atomic mass is 9.78. The quantitative estimate of drug-likeness (QED) is 0.547. The Hall–Kier alpha value is -2.55. The summed E-state index contributed by atoms with van der Waals surface area (Å²) in [5, 5.41) is 18.5. The Bertz CT molecular complexity index is 811. The number of thiol groups is 1. The summed E-state index contributed by atoms with van der Waals surface area (Å²) in [5.74, 6) is -1.78. The molecule has 1 aromatic rings. The first-order valence-corrected chi connectivity index (χ1v) is 8.30. The number of aliphatic carboxylic acids is 1. The van der Waals surface area contributed by atoms with E-state index >= 15 is 0 Å². The number of β-lactam (4-membered cyclic amide) rings is 1. The number of nitrogens with zero attached hydrogens (tertiary/aromatic N) is 3. The lowest BCUT2D eigenvalue weighted by Crippen LogP contribution is -2.69. The van der Waals surface area contributed by atoms with E-state index in [0.717, 1.165) is 10.5 Å². The number of hydrogen-bond acceptors (Lipinski definition) is 5. The molecule has 0 spiro atoms. The molecule has 8 nitrogen and oxygen atoms in total. The number of carbonyl (C=O) groups is 3. The van der Waals surface area contributed by atoms with Crippen LogP contribution < -0.4 is 0 Å². The molecule has 0 aromatic carbocycles. The molecule has 4 atom stereocenters. The number of aromatic nitrogens is 1. The van der Waals surface area contributed by atoms with Crippen molar-refractivity contribution >= 4 is 30.6 Å². The first-order valence-electron chi connectivity index (χ1n) is 7.78. The van der Waals surface area contributed by atoms with Crippen LogP contribution in [0.25, 0.3) is 0 Å². The second kappa shape index (κ2) is 5.48. The highest BCUT2D eigenvalue weighted by Gasteiger charge is 2.64. The van der Waals surface area contributed by atoms with Gasteiger partial charge in [0.2, 0.25) is 0 Å². The van der Waals surface area contributed by atoms with E-state index in [1.165, 1.54) is 4.90 Å². The van der Waals surface area contributed by atoms with Crippen LogP contribution in [-0.2, 0) is 9.59 Å². The van der Waals surface area contributed by atoms with Gasteiger partial charge >= 0.3 is 12.1 Å². The Labute approximate surface area is 148 Å². The largest absolute Gasteiger partial charge is 0.477 e. The molecule has 1 unspecified atom stereocenters. The summed E-state index contributed by atoms with van der Waals surface area (Å²) >= 11 is 4.58. The summed E-state index contributed by atoms with van der Waals surface area (Å²) in [6, 6.07) is 2.33. The minimum Gasteiger partial charge on any atom is -0.477 e. The number of rotatable bonds is 3. The van der Waals surface area contributed by atoms with Crippen LogP contribution in [-0.4, -0.2) is 61.6 Å². The Morgan fingerprint density at radius 3 is 2.56 bits per heavy atom. The van der Waals surface area contributed by atoms with Gasteiger partial charge in [-0.2, -0.15) is 12.6 Å². The molecule has 4 rings (SSSR count). The fraction of sp³-hybridized carbons (Fsp3) is 0.375. The molecule has 4 heterocycles. The Balaban J connectivity index is 1.76. The van der Waals surface area contributed by atoms with Crippen molar-refractivity contribution in [2.45, 2.75) is 23.8 Å². The van der Waals surface area contributed by atoms with Gasteiger partial charge in [-0.25, -0.2) is 9.59 Å². The maximum absolute atomic E-state index is 12.5. The molecule has 0 bridgehead atoms. The number of hydrogen-bond donors (Lipinski definition) is 3. The van der Waals surface area contributed by atoms with Crippen LogP contribution in [0.4, 0.5) is 4.79 Å². The summed E-state index contributed by atoms with van der Waals surface area (Å²) in [6.45, 7) is 0.222. The second-order valence-corrected chi connectivity index (χ2v) is 6.92. The number of amides is 2. The molecular formula is C16H15N3O5S. The molecule has 1 aromatic heterocycles. The standard InChI is InChI=1S/C16H15N3O5S/c20-14-12-10-8(6-18(12)16(23)24)5-9(11(15(21)22)19(10)14)13(25)7-1-3-17-4-2-7/h1-4,8,10,12-13,25H,5-6H2,(H,21,22)(H,23,24)/t8-,10-,12+,13?/m1/s1. The van der Waals surface area contributed by atoms with Crippen LogP contribution in [0.2, 0.25) is 0 Å². The average Bonchev–Trinajstić information content (AvgIpc) is 2.97. The topological polar surface area (TPSA) is 111 Å². The maximum Gasteiger partial charge on any atom is 0.408 e. The molecular weight excluding hydrogens is 346 g/mol. The molecule has 0 aliphatic carbocycles. The van der Waals surface area contributed by atoms with Crippen molar-refractivity contribution in [3.05, 3.63) is 41.4 Å². The molecule has 3 aliphatic rings. The summed E-state index contributed by atoms with van der Waals surface area (Å²) in [4.78, 5) is 42.0. The number of pyridine rings is 1. The van der Waals surface area contributed by atoms with Crippen LogP contribution in [0.5, 0.6) is 0 Å². The van der Waals surface area contributed by atoms with Gasteiger partial charge < -0.3 is 10.2 Å². The van der Waals surface area contributed by atoms with Crippen molar-refractivity contribution < 1.29 is 24.6 Å². The van der Waals surface area contributed by atoms with E-state index in [-0.39, 0.29) is 18.2 Å². The highest BCUT2D eigenvalue weighted by atomic mass is 32.1. The van der Waals surface area contributed by atoms with Crippen molar-refractivity contribution in [2.75, 3.05) is 6.54 Å². The molecule has 2 N–H and O–H groups in total. The first-order chi connectivity index (χ1) is 11.9. The van der Waals surface area contributed by atoms with Crippen LogP contribution >= 0.6 is 12.6 Å². The van der Waals surface area contributed by atoms with E-state index in [9.17, 15) is 24.6 Å². The van der Waals surface area contributed by atoms with Gasteiger partial charge in [0.15, 0.2) is 0 Å². The van der Waals surface area contributed by atoms with Crippen molar-refractivity contribution in [2.24, 2.45) is 5.92 Å².